The zero-order valence-corrected chi connectivity index (χ0v) is 23.4. The van der Waals surface area contributed by atoms with Crippen molar-refractivity contribution in [2.24, 2.45) is 17.3 Å². The predicted octanol–water partition coefficient (Wildman–Crippen LogP) is 1.74. The molecule has 1 amide bonds. The molecule has 4 saturated heterocycles. The second kappa shape index (κ2) is 11.7. The molecule has 0 aromatic carbocycles. The van der Waals surface area contributed by atoms with Crippen LogP contribution in [0.25, 0.3) is 0 Å². The van der Waals surface area contributed by atoms with Gasteiger partial charge in [0, 0.05) is 49.3 Å². The summed E-state index contributed by atoms with van der Waals surface area (Å²) < 4.78 is 39.7. The summed E-state index contributed by atoms with van der Waals surface area (Å²) in [6.07, 6.45) is -1.73. The lowest BCUT2D eigenvalue weighted by Gasteiger charge is -2.55. The van der Waals surface area contributed by atoms with Gasteiger partial charge >= 0.3 is 0 Å². The molecule has 1 aliphatic carbocycles. The van der Waals surface area contributed by atoms with Crippen molar-refractivity contribution in [2.75, 3.05) is 26.4 Å². The number of hydrogen-bond acceptors (Lipinski definition) is 9. The number of amides is 1. The van der Waals surface area contributed by atoms with Crippen LogP contribution in [0.2, 0.25) is 0 Å². The summed E-state index contributed by atoms with van der Waals surface area (Å²) in [7, 11) is 0. The van der Waals surface area contributed by atoms with Crippen molar-refractivity contribution in [3.05, 3.63) is 0 Å². The van der Waals surface area contributed by atoms with Gasteiger partial charge in [-0.25, -0.2) is 13.7 Å². The fourth-order valence-electron chi connectivity index (χ4n) is 6.81. The highest BCUT2D eigenvalue weighted by atomic mass is 32.2. The summed E-state index contributed by atoms with van der Waals surface area (Å²) in [5, 5.41) is 28.9. The van der Waals surface area contributed by atoms with E-state index in [2.05, 4.69) is 24.5 Å². The van der Waals surface area contributed by atoms with Crippen molar-refractivity contribution in [2.45, 2.75) is 113 Å². The molecule has 0 spiro atoms. The summed E-state index contributed by atoms with van der Waals surface area (Å²) in [5.41, 5.74) is -0.606. The molecule has 9 nitrogen and oxygen atoms in total. The monoisotopic (exact) mass is 562 g/mol. The summed E-state index contributed by atoms with van der Waals surface area (Å²) >= 11 is 1.49. The van der Waals surface area contributed by atoms with Gasteiger partial charge < -0.3 is 24.6 Å². The molecule has 5 aliphatic rings. The van der Waals surface area contributed by atoms with E-state index in [9.17, 15) is 23.8 Å². The minimum Gasteiger partial charge on any atom is -0.381 e. The summed E-state index contributed by atoms with van der Waals surface area (Å²) in [6, 6.07) is -1.08. The number of piperidine rings is 1. The molecule has 5 fully saturated rings. The maximum atomic E-state index is 14.4. The molecule has 4 aliphatic heterocycles. The van der Waals surface area contributed by atoms with Crippen LogP contribution in [-0.4, -0.2) is 106 Å². The second-order valence-electron chi connectivity index (χ2n) is 12.4. The number of ether oxygens (including phenoxy) is 2. The van der Waals surface area contributed by atoms with E-state index in [0.29, 0.717) is 32.8 Å². The van der Waals surface area contributed by atoms with Gasteiger partial charge in [0.05, 0.1) is 25.2 Å². The number of aliphatic hydroxyl groups excluding tert-OH is 2. The Labute approximate surface area is 228 Å². The number of aliphatic hydroxyl groups is 2. The first kappa shape index (κ1) is 28.9. The molecule has 10 unspecified atom stereocenters. The Bertz CT molecular complexity index is 823. The number of carbonyl (C=O) groups is 1. The zero-order valence-electron chi connectivity index (χ0n) is 22.6. The normalized spacial score (nSPS) is 42.7. The van der Waals surface area contributed by atoms with Crippen molar-refractivity contribution < 1.29 is 33.3 Å². The van der Waals surface area contributed by atoms with E-state index < -0.39 is 42.6 Å². The molecule has 4 heterocycles. The molecular weight excluding hydrogens is 518 g/mol. The molecule has 218 valence electrons. The Morgan fingerprint density at radius 2 is 1.71 bits per heavy atom. The van der Waals surface area contributed by atoms with Gasteiger partial charge in [0.2, 0.25) is 5.91 Å². The van der Waals surface area contributed by atoms with Crippen LogP contribution < -0.4 is 10.6 Å². The highest BCUT2D eigenvalue weighted by molar-refractivity contribution is 8.00. The molecule has 1 saturated carbocycles. The maximum absolute atomic E-state index is 14.4. The molecule has 5 rings (SSSR count). The average Bonchev–Trinajstić information content (AvgIpc) is 3.63. The number of hydrogen-bond donors (Lipinski definition) is 4. The van der Waals surface area contributed by atoms with E-state index in [1.807, 2.05) is 11.8 Å². The number of rotatable bonds is 8. The number of nitrogens with one attached hydrogen (secondary N) is 2. The highest BCUT2D eigenvalue weighted by Crippen LogP contribution is 2.47. The molecule has 12 heteroatoms. The van der Waals surface area contributed by atoms with E-state index in [1.165, 1.54) is 11.8 Å². The molecule has 0 aromatic heterocycles. The number of nitrogens with zero attached hydrogens (tertiary/aromatic N) is 2. The van der Waals surface area contributed by atoms with E-state index in [-0.39, 0.29) is 47.3 Å². The van der Waals surface area contributed by atoms with Gasteiger partial charge in [-0.05, 0) is 31.1 Å². The number of alkyl halides is 2. The van der Waals surface area contributed by atoms with Gasteiger partial charge in [-0.3, -0.25) is 15.4 Å². The molecule has 0 radical (unpaired) electrons. The predicted molar refractivity (Wildman–Crippen MR) is 139 cm³/mol. The fourth-order valence-corrected chi connectivity index (χ4v) is 8.25. The smallest absolute Gasteiger partial charge is 0.230 e. The molecule has 10 atom stereocenters. The Hall–Kier alpha value is -0.600. The topological polar surface area (TPSA) is 107 Å². The van der Waals surface area contributed by atoms with E-state index >= 15 is 0 Å². The van der Waals surface area contributed by atoms with Gasteiger partial charge in [0.15, 0.2) is 12.6 Å². The van der Waals surface area contributed by atoms with E-state index in [0.717, 1.165) is 19.3 Å². The molecule has 0 aromatic rings. The van der Waals surface area contributed by atoms with Crippen molar-refractivity contribution in [1.29, 1.82) is 0 Å². The second-order valence-corrected chi connectivity index (χ2v) is 13.8. The first-order valence-electron chi connectivity index (χ1n) is 14.1. The lowest BCUT2D eigenvalue weighted by atomic mass is 9.66. The van der Waals surface area contributed by atoms with Gasteiger partial charge in [-0.2, -0.15) is 0 Å². The van der Waals surface area contributed by atoms with Crippen LogP contribution in [0.1, 0.15) is 59.3 Å². The van der Waals surface area contributed by atoms with Crippen LogP contribution in [0.15, 0.2) is 0 Å². The Morgan fingerprint density at radius 3 is 2.26 bits per heavy atom. The van der Waals surface area contributed by atoms with Crippen LogP contribution in [0.4, 0.5) is 8.78 Å². The van der Waals surface area contributed by atoms with Crippen LogP contribution in [-0.2, 0) is 14.3 Å². The molecule has 4 N–H and O–H groups in total. The van der Waals surface area contributed by atoms with Crippen molar-refractivity contribution in [3.8, 4) is 0 Å². The van der Waals surface area contributed by atoms with Gasteiger partial charge in [0.25, 0.3) is 0 Å². The summed E-state index contributed by atoms with van der Waals surface area (Å²) in [6.45, 7) is 8.15. The third-order valence-electron chi connectivity index (χ3n) is 9.33. The minimum atomic E-state index is -1.54. The van der Waals surface area contributed by atoms with Crippen LogP contribution >= 0.6 is 11.8 Å². The largest absolute Gasteiger partial charge is 0.381 e. The Kier molecular flexibility index (Phi) is 8.91. The van der Waals surface area contributed by atoms with Crippen LogP contribution in [0.3, 0.4) is 0 Å². The first-order valence-corrected chi connectivity index (χ1v) is 15.1. The van der Waals surface area contributed by atoms with Crippen molar-refractivity contribution in [1.82, 2.24) is 20.4 Å². The van der Waals surface area contributed by atoms with Crippen molar-refractivity contribution in [3.63, 3.8) is 0 Å². The van der Waals surface area contributed by atoms with Crippen LogP contribution in [0.5, 0.6) is 0 Å². The number of halogens is 2. The first-order chi connectivity index (χ1) is 18.1. The molecule has 38 heavy (non-hydrogen) atoms. The van der Waals surface area contributed by atoms with E-state index in [1.54, 1.807) is 4.90 Å². The Balaban J connectivity index is 1.37. The van der Waals surface area contributed by atoms with Crippen molar-refractivity contribution >= 4 is 17.7 Å². The highest BCUT2D eigenvalue weighted by Gasteiger charge is 2.53. The van der Waals surface area contributed by atoms with E-state index in [4.69, 9.17) is 9.47 Å². The molecular formula is C26H44F2N4O5S. The minimum absolute atomic E-state index is 0.00284. The SMILES string of the molecule is CC1SC(N(C(=O)C2CCOC2)C2CC(F)NC(F)C2)NC1C(O)N(C(O)C1CCOC1)C1CCC1(C)C. The zero-order chi connectivity index (χ0) is 27.2. The quantitative estimate of drug-likeness (QED) is 0.260. The van der Waals surface area contributed by atoms with Gasteiger partial charge in [-0.15, -0.1) is 11.8 Å². The standard InChI is InChI=1S/C26H44F2N4O5S/c1-14-21(24(35)32(18-4-7-26(18,2)3)23(34)16-6-9-37-13-16)30-25(38-14)31(22(33)15-5-8-36-12-15)17-10-19(27)29-20(28)11-17/h14-21,23-25,29-30,34-35H,4-13H2,1-3H3. The van der Waals surface area contributed by atoms with Gasteiger partial charge in [-0.1, -0.05) is 20.8 Å². The third-order valence-corrected chi connectivity index (χ3v) is 10.7. The van der Waals surface area contributed by atoms with Crippen LogP contribution in [0, 0.1) is 17.3 Å². The summed E-state index contributed by atoms with van der Waals surface area (Å²) in [4.78, 5) is 17.2. The lowest BCUT2D eigenvalue weighted by Crippen LogP contribution is -2.66. The van der Waals surface area contributed by atoms with Gasteiger partial charge in [0.1, 0.15) is 18.0 Å². The Morgan fingerprint density at radius 1 is 1.03 bits per heavy atom. The molecule has 0 bridgehead atoms. The average molecular weight is 563 g/mol. The lowest BCUT2D eigenvalue weighted by molar-refractivity contribution is -0.197. The fraction of sp³-hybridized carbons (Fsp3) is 0.962. The number of carbonyl (C=O) groups excluding carboxylic acids is 1. The maximum Gasteiger partial charge on any atom is 0.230 e. The third kappa shape index (κ3) is 5.74. The summed E-state index contributed by atoms with van der Waals surface area (Å²) in [5.74, 6) is -0.597. The number of thioether (sulfide) groups is 1.